The van der Waals surface area contributed by atoms with Gasteiger partial charge in [0, 0.05) is 24.1 Å². The van der Waals surface area contributed by atoms with Crippen molar-refractivity contribution in [2.45, 2.75) is 18.9 Å². The number of amides is 2. The molecule has 0 aromatic heterocycles. The molecule has 1 atom stereocenters. The van der Waals surface area contributed by atoms with Gasteiger partial charge in [-0.1, -0.05) is 42.5 Å². The number of carboxylic acid groups (broad SMARTS) is 1. The van der Waals surface area contributed by atoms with Crippen molar-refractivity contribution in [3.05, 3.63) is 71.3 Å². The molecule has 2 rings (SSSR count). The number of carbonyl (C=O) groups is 3. The number of nitrogens with one attached hydrogen (secondary N) is 3. The van der Waals surface area contributed by atoms with Crippen LogP contribution in [-0.4, -0.2) is 35.3 Å². The van der Waals surface area contributed by atoms with Crippen LogP contribution in [0.25, 0.3) is 0 Å². The molecule has 2 aromatic rings. The monoisotopic (exact) mass is 382 g/mol. The fourth-order valence-electron chi connectivity index (χ4n) is 2.57. The Kier molecular flexibility index (Phi) is 7.27. The lowest BCUT2D eigenvalue weighted by Gasteiger charge is -2.17. The summed E-state index contributed by atoms with van der Waals surface area (Å²) in [6, 6.07) is 14.4. The van der Waals surface area contributed by atoms with E-state index in [2.05, 4.69) is 10.6 Å². The zero-order valence-electron chi connectivity index (χ0n) is 15.1. The van der Waals surface area contributed by atoms with Gasteiger partial charge in [0.25, 0.3) is 5.91 Å². The Balaban J connectivity index is 1.85. The average molecular weight is 382 g/mol. The van der Waals surface area contributed by atoms with Crippen LogP contribution < -0.4 is 16.4 Å². The van der Waals surface area contributed by atoms with E-state index >= 15 is 0 Å². The smallest absolute Gasteiger partial charge is 0.305 e. The van der Waals surface area contributed by atoms with E-state index in [1.54, 1.807) is 48.5 Å². The summed E-state index contributed by atoms with van der Waals surface area (Å²) in [5.41, 5.74) is 6.97. The van der Waals surface area contributed by atoms with E-state index in [0.717, 1.165) is 0 Å². The van der Waals surface area contributed by atoms with Gasteiger partial charge in [-0.25, -0.2) is 0 Å². The molecule has 2 amide bonds. The first kappa shape index (κ1) is 20.6. The minimum absolute atomic E-state index is 0.0141. The molecule has 0 radical (unpaired) electrons. The molecule has 8 heteroatoms. The van der Waals surface area contributed by atoms with Crippen molar-refractivity contribution in [3.63, 3.8) is 0 Å². The third-order valence-electron chi connectivity index (χ3n) is 4.01. The average Bonchev–Trinajstić information content (AvgIpc) is 2.67. The highest BCUT2D eigenvalue weighted by Gasteiger charge is 2.18. The Bertz CT molecular complexity index is 850. The summed E-state index contributed by atoms with van der Waals surface area (Å²) >= 11 is 0. The molecule has 0 aliphatic carbocycles. The van der Waals surface area contributed by atoms with Crippen molar-refractivity contribution in [2.24, 2.45) is 5.73 Å². The minimum atomic E-state index is -1.02. The first-order valence-electron chi connectivity index (χ1n) is 8.65. The fourth-order valence-corrected chi connectivity index (χ4v) is 2.57. The van der Waals surface area contributed by atoms with E-state index in [1.165, 1.54) is 0 Å². The lowest BCUT2D eigenvalue weighted by Crippen LogP contribution is -2.33. The maximum atomic E-state index is 12.2. The van der Waals surface area contributed by atoms with Gasteiger partial charge < -0.3 is 21.5 Å². The maximum Gasteiger partial charge on any atom is 0.305 e. The molecule has 146 valence electrons. The second-order valence-corrected chi connectivity index (χ2v) is 6.13. The number of rotatable bonds is 9. The van der Waals surface area contributed by atoms with Crippen LogP contribution in [0.1, 0.15) is 40.4 Å². The van der Waals surface area contributed by atoms with E-state index < -0.39 is 12.0 Å². The molecule has 0 bridgehead atoms. The Morgan fingerprint density at radius 1 is 1.00 bits per heavy atom. The topological polar surface area (TPSA) is 145 Å². The molecular formula is C20H22N4O4. The summed E-state index contributed by atoms with van der Waals surface area (Å²) < 4.78 is 0. The van der Waals surface area contributed by atoms with Crippen LogP contribution in [0.15, 0.2) is 54.6 Å². The lowest BCUT2D eigenvalue weighted by molar-refractivity contribution is -0.137. The number of nitrogen functional groups attached to an aromatic ring is 1. The van der Waals surface area contributed by atoms with Gasteiger partial charge in [-0.05, 0) is 17.7 Å². The molecule has 0 unspecified atom stereocenters. The van der Waals surface area contributed by atoms with Crippen molar-refractivity contribution in [3.8, 4) is 0 Å². The first-order valence-corrected chi connectivity index (χ1v) is 8.65. The standard InChI is InChI=1S/C20H22N4O4/c21-19(22)14-6-8-15(9-7-14)20(28)23-11-10-17(25)24-16(12-18(26)27)13-4-2-1-3-5-13/h1-9,16H,10-12H2,(H3,21,22)(H,23,28)(H,24,25)(H,26,27)/t16-/m0/s1. The zero-order valence-corrected chi connectivity index (χ0v) is 15.1. The summed E-state index contributed by atoms with van der Waals surface area (Å²) in [5.74, 6) is -1.81. The number of carboxylic acids is 1. The van der Waals surface area contributed by atoms with Gasteiger partial charge in [0.05, 0.1) is 12.5 Å². The first-order chi connectivity index (χ1) is 13.4. The Morgan fingerprint density at radius 2 is 1.61 bits per heavy atom. The number of nitrogens with two attached hydrogens (primary N) is 1. The van der Waals surface area contributed by atoms with Crippen molar-refractivity contribution >= 4 is 23.6 Å². The van der Waals surface area contributed by atoms with Gasteiger partial charge in [-0.3, -0.25) is 19.8 Å². The number of amidine groups is 1. The van der Waals surface area contributed by atoms with Gasteiger partial charge in [0.15, 0.2) is 0 Å². The van der Waals surface area contributed by atoms with Crippen LogP contribution in [0, 0.1) is 5.41 Å². The lowest BCUT2D eigenvalue weighted by atomic mass is 10.0. The van der Waals surface area contributed by atoms with Crippen LogP contribution >= 0.6 is 0 Å². The second kappa shape index (κ2) is 9.86. The maximum absolute atomic E-state index is 12.2. The molecule has 0 saturated carbocycles. The van der Waals surface area contributed by atoms with Gasteiger partial charge >= 0.3 is 5.97 Å². The highest BCUT2D eigenvalue weighted by atomic mass is 16.4. The van der Waals surface area contributed by atoms with Gasteiger partial charge in [-0.2, -0.15) is 0 Å². The molecule has 0 aliphatic heterocycles. The van der Waals surface area contributed by atoms with Gasteiger partial charge in [0.2, 0.25) is 5.91 Å². The van der Waals surface area contributed by atoms with Crippen LogP contribution in [0.5, 0.6) is 0 Å². The summed E-state index contributed by atoms with van der Waals surface area (Å²) in [5, 5.41) is 21.7. The molecule has 6 N–H and O–H groups in total. The molecule has 28 heavy (non-hydrogen) atoms. The minimum Gasteiger partial charge on any atom is -0.481 e. The molecule has 0 fully saturated rings. The molecule has 0 heterocycles. The Morgan fingerprint density at radius 3 is 2.18 bits per heavy atom. The van der Waals surface area contributed by atoms with Crippen LogP contribution in [0.3, 0.4) is 0 Å². The summed E-state index contributed by atoms with van der Waals surface area (Å²) in [6.45, 7) is 0.105. The van der Waals surface area contributed by atoms with Gasteiger partial charge in [0.1, 0.15) is 5.84 Å². The van der Waals surface area contributed by atoms with Crippen LogP contribution in [0.2, 0.25) is 0 Å². The van der Waals surface area contributed by atoms with E-state index in [0.29, 0.717) is 16.7 Å². The number of hydrogen-bond donors (Lipinski definition) is 5. The van der Waals surface area contributed by atoms with E-state index in [9.17, 15) is 14.4 Å². The number of hydrogen-bond acceptors (Lipinski definition) is 4. The fraction of sp³-hybridized carbons (Fsp3) is 0.200. The molecule has 0 aliphatic rings. The zero-order chi connectivity index (χ0) is 20.5. The van der Waals surface area contributed by atoms with Gasteiger partial charge in [-0.15, -0.1) is 0 Å². The predicted molar refractivity (Wildman–Crippen MR) is 104 cm³/mol. The molecule has 0 saturated heterocycles. The number of aliphatic carboxylic acids is 1. The van der Waals surface area contributed by atoms with Crippen LogP contribution in [-0.2, 0) is 9.59 Å². The van der Waals surface area contributed by atoms with E-state index in [4.69, 9.17) is 16.2 Å². The molecule has 8 nitrogen and oxygen atoms in total. The van der Waals surface area contributed by atoms with Crippen molar-refractivity contribution in [1.82, 2.24) is 10.6 Å². The van der Waals surface area contributed by atoms with Crippen molar-refractivity contribution in [2.75, 3.05) is 6.54 Å². The summed E-state index contributed by atoms with van der Waals surface area (Å²) in [6.07, 6.45) is -0.217. The number of benzene rings is 2. The molecular weight excluding hydrogens is 360 g/mol. The summed E-state index contributed by atoms with van der Waals surface area (Å²) in [4.78, 5) is 35.3. The quantitative estimate of drug-likeness (QED) is 0.329. The highest BCUT2D eigenvalue weighted by molar-refractivity contribution is 5.98. The number of carbonyl (C=O) groups excluding carboxylic acids is 2. The predicted octanol–water partition coefficient (Wildman–Crippen LogP) is 1.42. The third-order valence-corrected chi connectivity index (χ3v) is 4.01. The van der Waals surface area contributed by atoms with Crippen molar-refractivity contribution in [1.29, 1.82) is 5.41 Å². The van der Waals surface area contributed by atoms with E-state index in [1.807, 2.05) is 6.07 Å². The third kappa shape index (κ3) is 6.24. The highest BCUT2D eigenvalue weighted by Crippen LogP contribution is 2.16. The molecule has 0 spiro atoms. The SMILES string of the molecule is N=C(N)c1ccc(C(=O)NCCC(=O)N[C@@H](CC(=O)O)c2ccccc2)cc1. The summed E-state index contributed by atoms with van der Waals surface area (Å²) in [7, 11) is 0. The Labute approximate surface area is 162 Å². The Hall–Kier alpha value is -3.68. The largest absolute Gasteiger partial charge is 0.481 e. The normalized spacial score (nSPS) is 11.3. The van der Waals surface area contributed by atoms with Crippen LogP contribution in [0.4, 0.5) is 0 Å². The van der Waals surface area contributed by atoms with E-state index in [-0.39, 0.29) is 37.0 Å². The second-order valence-electron chi connectivity index (χ2n) is 6.13. The molecule has 2 aromatic carbocycles. The van der Waals surface area contributed by atoms with Crippen molar-refractivity contribution < 1.29 is 19.5 Å².